The lowest BCUT2D eigenvalue weighted by Gasteiger charge is -2.25. The van der Waals surface area contributed by atoms with E-state index in [1.807, 2.05) is 0 Å². The SMILES string of the molecule is COc1ccc(CN(CC(O)CNc2ccc(C(=N)N)cc2)S(=O)(=O)c2ccc3cc(Cl)ccc3c2)cc1. The molecule has 4 aromatic carbocycles. The van der Waals surface area contributed by atoms with Gasteiger partial charge in [-0.25, -0.2) is 8.42 Å². The summed E-state index contributed by atoms with van der Waals surface area (Å²) < 4.78 is 34.1. The van der Waals surface area contributed by atoms with Gasteiger partial charge in [0.2, 0.25) is 10.0 Å². The summed E-state index contributed by atoms with van der Waals surface area (Å²) in [6.07, 6.45) is -1.00. The molecule has 0 bridgehead atoms. The van der Waals surface area contributed by atoms with Crippen LogP contribution in [0.4, 0.5) is 5.69 Å². The van der Waals surface area contributed by atoms with E-state index in [2.05, 4.69) is 5.32 Å². The largest absolute Gasteiger partial charge is 0.497 e. The number of ether oxygens (including phenoxy) is 1. The number of hydrogen-bond donors (Lipinski definition) is 4. The number of hydrogen-bond acceptors (Lipinski definition) is 6. The van der Waals surface area contributed by atoms with Crippen molar-refractivity contribution in [3.8, 4) is 5.75 Å². The molecule has 5 N–H and O–H groups in total. The van der Waals surface area contributed by atoms with Gasteiger partial charge in [0.25, 0.3) is 0 Å². The number of rotatable bonds is 11. The maximum Gasteiger partial charge on any atom is 0.243 e. The van der Waals surface area contributed by atoms with E-state index in [0.717, 1.165) is 16.3 Å². The van der Waals surface area contributed by atoms with Gasteiger partial charge in [0.1, 0.15) is 11.6 Å². The summed E-state index contributed by atoms with van der Waals surface area (Å²) in [5.74, 6) is 0.629. The molecule has 0 spiro atoms. The van der Waals surface area contributed by atoms with Gasteiger partial charge in [0.15, 0.2) is 0 Å². The van der Waals surface area contributed by atoms with Crippen LogP contribution < -0.4 is 15.8 Å². The van der Waals surface area contributed by atoms with Crippen LogP contribution in [0.15, 0.2) is 89.8 Å². The second-order valence-corrected chi connectivity index (χ2v) is 11.2. The molecule has 4 aromatic rings. The number of amidine groups is 1. The third kappa shape index (κ3) is 6.62. The number of benzene rings is 4. The standard InChI is InChI=1S/C28H29ClN4O4S/c1-37-26-11-2-19(3-12-26)17-33(18-25(34)16-32-24-9-5-20(6-10-24)28(30)31)38(35,36)27-13-7-21-14-23(29)8-4-22(21)15-27/h2-15,25,32,34H,16-18H2,1H3,(H3,30,31). The summed E-state index contributed by atoms with van der Waals surface area (Å²) in [4.78, 5) is 0.126. The average Bonchev–Trinajstić information content (AvgIpc) is 2.91. The Bertz CT molecular complexity index is 1530. The molecule has 0 amide bonds. The molecule has 10 heteroatoms. The summed E-state index contributed by atoms with van der Waals surface area (Å²) in [5.41, 5.74) is 7.55. The lowest BCUT2D eigenvalue weighted by molar-refractivity contribution is 0.155. The van der Waals surface area contributed by atoms with Crippen LogP contribution >= 0.6 is 11.6 Å². The minimum atomic E-state index is -3.97. The van der Waals surface area contributed by atoms with Crippen LogP contribution in [-0.4, -0.2) is 50.0 Å². The number of aliphatic hydroxyl groups excluding tert-OH is 1. The molecule has 1 atom stereocenters. The second-order valence-electron chi connectivity index (χ2n) is 8.82. The number of nitrogens with one attached hydrogen (secondary N) is 2. The summed E-state index contributed by atoms with van der Waals surface area (Å²) in [7, 11) is -2.40. The van der Waals surface area contributed by atoms with Crippen LogP contribution in [0.5, 0.6) is 5.75 Å². The average molecular weight is 553 g/mol. The predicted molar refractivity (Wildman–Crippen MR) is 152 cm³/mol. The molecule has 38 heavy (non-hydrogen) atoms. The van der Waals surface area contributed by atoms with E-state index in [4.69, 9.17) is 27.5 Å². The second kappa shape index (κ2) is 11.8. The van der Waals surface area contributed by atoms with Crippen molar-refractivity contribution in [3.63, 3.8) is 0 Å². The quantitative estimate of drug-likeness (QED) is 0.161. The van der Waals surface area contributed by atoms with Crippen molar-refractivity contribution >= 4 is 43.9 Å². The van der Waals surface area contributed by atoms with Crippen molar-refractivity contribution in [1.29, 1.82) is 5.41 Å². The minimum absolute atomic E-state index is 0.0345. The van der Waals surface area contributed by atoms with E-state index in [9.17, 15) is 13.5 Å². The molecule has 0 aliphatic rings. The van der Waals surface area contributed by atoms with Crippen molar-refractivity contribution < 1.29 is 18.3 Å². The molecule has 0 heterocycles. The van der Waals surface area contributed by atoms with Crippen LogP contribution in [0.2, 0.25) is 5.02 Å². The van der Waals surface area contributed by atoms with Gasteiger partial charge in [0, 0.05) is 35.9 Å². The van der Waals surface area contributed by atoms with Crippen LogP contribution in [-0.2, 0) is 16.6 Å². The highest BCUT2D eigenvalue weighted by Gasteiger charge is 2.27. The molecule has 198 valence electrons. The zero-order valence-electron chi connectivity index (χ0n) is 20.8. The third-order valence-electron chi connectivity index (χ3n) is 6.08. The molecule has 0 aliphatic heterocycles. The van der Waals surface area contributed by atoms with E-state index in [1.54, 1.807) is 92.0 Å². The van der Waals surface area contributed by atoms with Gasteiger partial charge >= 0.3 is 0 Å². The predicted octanol–water partition coefficient (Wildman–Crippen LogP) is 4.45. The van der Waals surface area contributed by atoms with E-state index in [1.165, 1.54) is 4.31 Å². The van der Waals surface area contributed by atoms with Gasteiger partial charge in [-0.3, -0.25) is 5.41 Å². The molecule has 0 saturated heterocycles. The Balaban J connectivity index is 1.56. The monoisotopic (exact) mass is 552 g/mol. The molecule has 0 aliphatic carbocycles. The molecule has 1 unspecified atom stereocenters. The summed E-state index contributed by atoms with van der Waals surface area (Å²) in [5, 5.41) is 23.6. The highest BCUT2D eigenvalue weighted by Crippen LogP contribution is 2.26. The number of methoxy groups -OCH3 is 1. The topological polar surface area (TPSA) is 129 Å². The van der Waals surface area contributed by atoms with E-state index >= 15 is 0 Å². The fourth-order valence-corrected chi connectivity index (χ4v) is 5.67. The number of anilines is 1. The van der Waals surface area contributed by atoms with Gasteiger partial charge in [-0.15, -0.1) is 0 Å². The highest BCUT2D eigenvalue weighted by molar-refractivity contribution is 7.89. The Morgan fingerprint density at radius 1 is 1.03 bits per heavy atom. The van der Waals surface area contributed by atoms with Gasteiger partial charge in [-0.05, 0) is 77.0 Å². The molecular formula is C28H29ClN4O4S. The normalized spacial score (nSPS) is 12.4. The Labute approximate surface area is 227 Å². The van der Waals surface area contributed by atoms with Crippen molar-refractivity contribution in [2.45, 2.75) is 17.5 Å². The van der Waals surface area contributed by atoms with Gasteiger partial charge in [-0.1, -0.05) is 35.9 Å². The van der Waals surface area contributed by atoms with Crippen LogP contribution in [0.3, 0.4) is 0 Å². The zero-order chi connectivity index (χ0) is 27.3. The van der Waals surface area contributed by atoms with Gasteiger partial charge in [-0.2, -0.15) is 4.31 Å². The lowest BCUT2D eigenvalue weighted by atomic mass is 10.1. The third-order valence-corrected chi connectivity index (χ3v) is 8.12. The Kier molecular flexibility index (Phi) is 8.53. The fraction of sp³-hybridized carbons (Fsp3) is 0.179. The molecule has 0 saturated carbocycles. The molecule has 0 fully saturated rings. The maximum atomic E-state index is 13.8. The van der Waals surface area contributed by atoms with E-state index in [-0.39, 0.29) is 30.4 Å². The number of nitrogens with zero attached hydrogens (tertiary/aromatic N) is 1. The first kappa shape index (κ1) is 27.4. The van der Waals surface area contributed by atoms with Crippen LogP contribution in [0.25, 0.3) is 10.8 Å². The molecule has 4 rings (SSSR count). The highest BCUT2D eigenvalue weighted by atomic mass is 35.5. The number of fused-ring (bicyclic) bond motifs is 1. The number of nitrogens with two attached hydrogens (primary N) is 1. The minimum Gasteiger partial charge on any atom is -0.497 e. The summed E-state index contributed by atoms with van der Waals surface area (Å²) in [6.45, 7) is 0.0468. The van der Waals surface area contributed by atoms with Crippen LogP contribution in [0, 0.1) is 5.41 Å². The van der Waals surface area contributed by atoms with Gasteiger partial charge in [0.05, 0.1) is 18.1 Å². The fourth-order valence-electron chi connectivity index (χ4n) is 3.99. The Morgan fingerprint density at radius 3 is 2.34 bits per heavy atom. The number of aliphatic hydroxyl groups is 1. The zero-order valence-corrected chi connectivity index (χ0v) is 22.3. The van der Waals surface area contributed by atoms with Gasteiger partial charge < -0.3 is 20.9 Å². The number of nitrogen functional groups attached to an aromatic ring is 1. The molecular weight excluding hydrogens is 524 g/mol. The van der Waals surface area contributed by atoms with Crippen molar-refractivity contribution in [3.05, 3.63) is 101 Å². The van der Waals surface area contributed by atoms with E-state index in [0.29, 0.717) is 22.0 Å². The lowest BCUT2D eigenvalue weighted by Crippen LogP contribution is -2.39. The molecule has 8 nitrogen and oxygen atoms in total. The summed E-state index contributed by atoms with van der Waals surface area (Å²) >= 11 is 6.08. The Hall–Kier alpha value is -3.63. The van der Waals surface area contributed by atoms with Crippen molar-refractivity contribution in [2.24, 2.45) is 5.73 Å². The number of sulfonamides is 1. The Morgan fingerprint density at radius 2 is 1.68 bits per heavy atom. The first-order valence-corrected chi connectivity index (χ1v) is 13.7. The first-order chi connectivity index (χ1) is 18.2. The van der Waals surface area contributed by atoms with E-state index < -0.39 is 16.1 Å². The summed E-state index contributed by atoms with van der Waals surface area (Å²) in [6, 6.07) is 24.2. The van der Waals surface area contributed by atoms with Crippen molar-refractivity contribution in [1.82, 2.24) is 4.31 Å². The number of halogens is 1. The smallest absolute Gasteiger partial charge is 0.243 e. The maximum absolute atomic E-state index is 13.8. The molecule has 0 radical (unpaired) electrons. The first-order valence-electron chi connectivity index (χ1n) is 11.8. The molecule has 0 aromatic heterocycles. The van der Waals surface area contributed by atoms with Crippen LogP contribution in [0.1, 0.15) is 11.1 Å². The van der Waals surface area contributed by atoms with Crippen molar-refractivity contribution in [2.75, 3.05) is 25.5 Å².